The van der Waals surface area contributed by atoms with Gasteiger partial charge >= 0.3 is 0 Å². The van der Waals surface area contributed by atoms with E-state index >= 15 is 0 Å². The molecule has 3 aromatic rings. The molecule has 3 N–H and O–H groups in total. The number of nitrogens with two attached hydrogens (primary N) is 1. The van der Waals surface area contributed by atoms with Crippen LogP contribution in [0.4, 0.5) is 17.5 Å². The SMILES string of the molecule is N#Cc1cc(Oc2cccc(Nc3cc(Cl)nc(N)n3)c2)ccn1. The Morgan fingerprint density at radius 2 is 1.96 bits per heavy atom. The highest BCUT2D eigenvalue weighted by Gasteiger charge is 2.04. The lowest BCUT2D eigenvalue weighted by Gasteiger charge is -2.09. The van der Waals surface area contributed by atoms with Crippen molar-refractivity contribution in [2.24, 2.45) is 0 Å². The number of rotatable bonds is 4. The molecule has 0 fully saturated rings. The van der Waals surface area contributed by atoms with Gasteiger partial charge in [0.15, 0.2) is 0 Å². The zero-order chi connectivity index (χ0) is 16.9. The van der Waals surface area contributed by atoms with Gasteiger partial charge in [0.05, 0.1) is 0 Å². The molecule has 1 aromatic carbocycles. The van der Waals surface area contributed by atoms with E-state index in [-0.39, 0.29) is 16.8 Å². The van der Waals surface area contributed by atoms with Gasteiger partial charge in [-0.25, -0.2) is 9.97 Å². The molecule has 0 aliphatic heterocycles. The van der Waals surface area contributed by atoms with E-state index < -0.39 is 0 Å². The predicted octanol–water partition coefficient (Wildman–Crippen LogP) is 3.51. The Labute approximate surface area is 142 Å². The standard InChI is InChI=1S/C16H11ClN6O/c17-14-8-15(23-16(19)22-14)21-10-2-1-3-12(6-10)24-13-4-5-20-11(7-13)9-18/h1-8H,(H3,19,21,22,23). The normalized spacial score (nSPS) is 10.0. The monoisotopic (exact) mass is 338 g/mol. The zero-order valence-electron chi connectivity index (χ0n) is 12.3. The van der Waals surface area contributed by atoms with Crippen LogP contribution in [0, 0.1) is 11.3 Å². The third kappa shape index (κ3) is 3.88. The Bertz CT molecular complexity index is 904. The Balaban J connectivity index is 1.80. The van der Waals surface area contributed by atoms with E-state index in [1.165, 1.54) is 6.20 Å². The van der Waals surface area contributed by atoms with E-state index in [4.69, 9.17) is 27.3 Å². The van der Waals surface area contributed by atoms with Crippen molar-refractivity contribution in [2.75, 3.05) is 11.1 Å². The number of hydrogen-bond acceptors (Lipinski definition) is 7. The molecule has 0 aliphatic rings. The minimum Gasteiger partial charge on any atom is -0.457 e. The summed E-state index contributed by atoms with van der Waals surface area (Å²) in [6.45, 7) is 0. The van der Waals surface area contributed by atoms with Crippen molar-refractivity contribution in [1.82, 2.24) is 15.0 Å². The molecule has 0 saturated heterocycles. The molecule has 2 heterocycles. The molecule has 24 heavy (non-hydrogen) atoms. The van der Waals surface area contributed by atoms with Crippen LogP contribution in [0.15, 0.2) is 48.7 Å². The fraction of sp³-hybridized carbons (Fsp3) is 0. The van der Waals surface area contributed by atoms with Crippen LogP contribution in [0.1, 0.15) is 5.69 Å². The average molecular weight is 339 g/mol. The lowest BCUT2D eigenvalue weighted by Crippen LogP contribution is -2.00. The first kappa shape index (κ1) is 15.5. The summed E-state index contributed by atoms with van der Waals surface area (Å²) in [5, 5.41) is 12.2. The van der Waals surface area contributed by atoms with Gasteiger partial charge in [0.1, 0.15) is 34.2 Å². The average Bonchev–Trinajstić information content (AvgIpc) is 2.54. The summed E-state index contributed by atoms with van der Waals surface area (Å²) in [7, 11) is 0. The Morgan fingerprint density at radius 3 is 2.75 bits per heavy atom. The predicted molar refractivity (Wildman–Crippen MR) is 90.2 cm³/mol. The van der Waals surface area contributed by atoms with Gasteiger partial charge in [-0.05, 0) is 18.2 Å². The van der Waals surface area contributed by atoms with E-state index in [1.807, 2.05) is 18.2 Å². The van der Waals surface area contributed by atoms with Gasteiger partial charge in [0.25, 0.3) is 0 Å². The Kier molecular flexibility index (Phi) is 4.40. The number of nitrogens with one attached hydrogen (secondary N) is 1. The molecule has 2 aromatic heterocycles. The highest BCUT2D eigenvalue weighted by molar-refractivity contribution is 6.29. The fourth-order valence-electron chi connectivity index (χ4n) is 1.96. The van der Waals surface area contributed by atoms with E-state index in [0.29, 0.717) is 17.3 Å². The second-order valence-electron chi connectivity index (χ2n) is 4.68. The topological polar surface area (TPSA) is 110 Å². The van der Waals surface area contributed by atoms with Gasteiger partial charge in [-0.2, -0.15) is 10.2 Å². The van der Waals surface area contributed by atoms with Crippen molar-refractivity contribution < 1.29 is 4.74 Å². The maximum Gasteiger partial charge on any atom is 0.223 e. The molecule has 0 atom stereocenters. The maximum atomic E-state index is 8.87. The maximum absolute atomic E-state index is 8.87. The molecular formula is C16H11ClN6O. The summed E-state index contributed by atoms with van der Waals surface area (Å²) in [6.07, 6.45) is 1.52. The number of nitrogen functional groups attached to an aromatic ring is 1. The molecule has 0 radical (unpaired) electrons. The highest BCUT2D eigenvalue weighted by Crippen LogP contribution is 2.26. The highest BCUT2D eigenvalue weighted by atomic mass is 35.5. The van der Waals surface area contributed by atoms with Gasteiger partial charge in [0.2, 0.25) is 5.95 Å². The zero-order valence-corrected chi connectivity index (χ0v) is 13.0. The second-order valence-corrected chi connectivity index (χ2v) is 5.06. The summed E-state index contributed by atoms with van der Waals surface area (Å²) in [5.74, 6) is 1.66. The van der Waals surface area contributed by atoms with Gasteiger partial charge < -0.3 is 15.8 Å². The van der Waals surface area contributed by atoms with Crippen LogP contribution < -0.4 is 15.8 Å². The molecule has 8 heteroatoms. The number of anilines is 3. The van der Waals surface area contributed by atoms with Gasteiger partial charge in [-0.1, -0.05) is 17.7 Å². The van der Waals surface area contributed by atoms with E-state index in [1.54, 1.807) is 30.3 Å². The van der Waals surface area contributed by atoms with Gasteiger partial charge in [-0.3, -0.25) is 0 Å². The Morgan fingerprint density at radius 1 is 1.12 bits per heavy atom. The Hall–Kier alpha value is -3.37. The number of hydrogen-bond donors (Lipinski definition) is 2. The van der Waals surface area contributed by atoms with Crippen LogP contribution in [-0.4, -0.2) is 15.0 Å². The molecule has 3 rings (SSSR count). The minimum atomic E-state index is 0.0817. The van der Waals surface area contributed by atoms with E-state index in [0.717, 1.165) is 5.69 Å². The minimum absolute atomic E-state index is 0.0817. The van der Waals surface area contributed by atoms with Crippen molar-refractivity contribution >= 4 is 29.1 Å². The molecule has 0 aliphatic carbocycles. The van der Waals surface area contributed by atoms with Gasteiger partial charge in [-0.15, -0.1) is 0 Å². The van der Waals surface area contributed by atoms with E-state index in [2.05, 4.69) is 20.3 Å². The molecule has 7 nitrogen and oxygen atoms in total. The molecule has 0 unspecified atom stereocenters. The number of pyridine rings is 1. The number of benzene rings is 1. The van der Waals surface area contributed by atoms with Crippen LogP contribution in [0.3, 0.4) is 0 Å². The van der Waals surface area contributed by atoms with Crippen molar-refractivity contribution in [3.8, 4) is 17.6 Å². The first-order chi connectivity index (χ1) is 11.6. The number of nitrogens with zero attached hydrogens (tertiary/aromatic N) is 4. The molecule has 0 amide bonds. The summed E-state index contributed by atoms with van der Waals surface area (Å²) in [6, 6.07) is 14.0. The summed E-state index contributed by atoms with van der Waals surface area (Å²) >= 11 is 5.86. The molecule has 118 valence electrons. The summed E-state index contributed by atoms with van der Waals surface area (Å²) in [4.78, 5) is 11.7. The van der Waals surface area contributed by atoms with Crippen LogP contribution in [-0.2, 0) is 0 Å². The summed E-state index contributed by atoms with van der Waals surface area (Å²) in [5.41, 5.74) is 6.59. The second kappa shape index (κ2) is 6.81. The van der Waals surface area contributed by atoms with Crippen molar-refractivity contribution in [3.63, 3.8) is 0 Å². The summed E-state index contributed by atoms with van der Waals surface area (Å²) < 4.78 is 5.73. The van der Waals surface area contributed by atoms with Crippen LogP contribution in [0.5, 0.6) is 11.5 Å². The van der Waals surface area contributed by atoms with Crippen LogP contribution in [0.2, 0.25) is 5.15 Å². The number of aromatic nitrogens is 3. The number of ether oxygens (including phenoxy) is 1. The first-order valence-electron chi connectivity index (χ1n) is 6.83. The van der Waals surface area contributed by atoms with Gasteiger partial charge in [0, 0.05) is 30.1 Å². The molecular weight excluding hydrogens is 328 g/mol. The van der Waals surface area contributed by atoms with E-state index in [9.17, 15) is 0 Å². The van der Waals surface area contributed by atoms with Crippen LogP contribution >= 0.6 is 11.6 Å². The third-order valence-electron chi connectivity index (χ3n) is 2.90. The van der Waals surface area contributed by atoms with Crippen molar-refractivity contribution in [1.29, 1.82) is 5.26 Å². The fourth-order valence-corrected chi connectivity index (χ4v) is 2.15. The lowest BCUT2D eigenvalue weighted by molar-refractivity contribution is 0.482. The number of nitriles is 1. The van der Waals surface area contributed by atoms with Crippen LogP contribution in [0.25, 0.3) is 0 Å². The lowest BCUT2D eigenvalue weighted by atomic mass is 10.3. The van der Waals surface area contributed by atoms with Crippen molar-refractivity contribution in [2.45, 2.75) is 0 Å². The molecule has 0 saturated carbocycles. The smallest absolute Gasteiger partial charge is 0.223 e. The molecule has 0 bridgehead atoms. The number of halogens is 1. The largest absolute Gasteiger partial charge is 0.457 e. The molecule has 0 spiro atoms. The third-order valence-corrected chi connectivity index (χ3v) is 3.09. The first-order valence-corrected chi connectivity index (χ1v) is 7.21. The quantitative estimate of drug-likeness (QED) is 0.700. The van der Waals surface area contributed by atoms with Crippen molar-refractivity contribution in [3.05, 3.63) is 59.5 Å².